The molecule has 0 unspecified atom stereocenters. The molecule has 0 amide bonds. The van der Waals surface area contributed by atoms with Gasteiger partial charge in [-0.2, -0.15) is 0 Å². The standard InChI is InChI=1S/C14H13IO3S2/c1-11-6-8-13(9-7-11)20(17,18)19(16)14-5-3-2-4-12(14)10-15/h2-9H,10H2,1H3/t19-/m0/s1. The van der Waals surface area contributed by atoms with Crippen molar-refractivity contribution in [2.24, 2.45) is 0 Å². The average molecular weight is 420 g/mol. The van der Waals surface area contributed by atoms with Gasteiger partial charge in [0.25, 0.3) is 8.87 Å². The summed E-state index contributed by atoms with van der Waals surface area (Å²) in [6.45, 7) is 1.87. The molecule has 2 aromatic carbocycles. The first-order valence-corrected chi connectivity index (χ1v) is 10.5. The lowest BCUT2D eigenvalue weighted by molar-refractivity contribution is 0.605. The number of aryl methyl sites for hydroxylation is 1. The van der Waals surface area contributed by atoms with Gasteiger partial charge in [0, 0.05) is 4.43 Å². The Kier molecular flexibility index (Phi) is 4.98. The highest BCUT2D eigenvalue weighted by atomic mass is 127. The van der Waals surface area contributed by atoms with Crippen molar-refractivity contribution in [3.8, 4) is 0 Å². The van der Waals surface area contributed by atoms with Crippen LogP contribution in [-0.4, -0.2) is 12.6 Å². The lowest BCUT2D eigenvalue weighted by atomic mass is 10.2. The topological polar surface area (TPSA) is 51.2 Å². The number of halogens is 1. The van der Waals surface area contributed by atoms with E-state index in [9.17, 15) is 12.6 Å². The van der Waals surface area contributed by atoms with Gasteiger partial charge in [0.1, 0.15) is 0 Å². The largest absolute Gasteiger partial charge is 0.262 e. The van der Waals surface area contributed by atoms with Crippen molar-refractivity contribution in [1.29, 1.82) is 0 Å². The summed E-state index contributed by atoms with van der Waals surface area (Å²) in [5.74, 6) is 0. The fourth-order valence-electron chi connectivity index (χ4n) is 1.69. The number of benzene rings is 2. The van der Waals surface area contributed by atoms with E-state index in [0.717, 1.165) is 11.1 Å². The Morgan fingerprint density at radius 2 is 1.65 bits per heavy atom. The molecule has 0 bridgehead atoms. The fraction of sp³-hybridized carbons (Fsp3) is 0.143. The molecule has 0 radical (unpaired) electrons. The second-order valence-corrected chi connectivity index (χ2v) is 9.52. The van der Waals surface area contributed by atoms with Gasteiger partial charge >= 0.3 is 0 Å². The van der Waals surface area contributed by atoms with Crippen molar-refractivity contribution in [2.75, 3.05) is 0 Å². The Labute approximate surface area is 134 Å². The summed E-state index contributed by atoms with van der Waals surface area (Å²) in [4.78, 5) is 0.451. The van der Waals surface area contributed by atoms with E-state index in [1.807, 2.05) is 13.0 Å². The minimum Gasteiger partial charge on any atom is -0.237 e. The van der Waals surface area contributed by atoms with Crippen LogP contribution >= 0.6 is 22.6 Å². The molecule has 3 nitrogen and oxygen atoms in total. The van der Waals surface area contributed by atoms with Crippen LogP contribution in [0.4, 0.5) is 0 Å². The summed E-state index contributed by atoms with van der Waals surface area (Å²) in [5.41, 5.74) is 1.74. The third kappa shape index (κ3) is 3.12. The van der Waals surface area contributed by atoms with Crippen LogP contribution in [0, 0.1) is 6.92 Å². The maximum atomic E-state index is 12.5. The summed E-state index contributed by atoms with van der Waals surface area (Å²) < 4.78 is 37.9. The zero-order valence-electron chi connectivity index (χ0n) is 10.7. The van der Waals surface area contributed by atoms with Crippen LogP contribution in [0.5, 0.6) is 0 Å². The van der Waals surface area contributed by atoms with Crippen molar-refractivity contribution in [3.63, 3.8) is 0 Å². The fourth-order valence-corrected chi connectivity index (χ4v) is 6.09. The number of hydrogen-bond acceptors (Lipinski definition) is 3. The molecule has 20 heavy (non-hydrogen) atoms. The highest BCUT2D eigenvalue weighted by Crippen LogP contribution is 2.25. The van der Waals surface area contributed by atoms with E-state index < -0.39 is 18.7 Å². The van der Waals surface area contributed by atoms with Gasteiger partial charge in [0.2, 0.25) is 0 Å². The monoisotopic (exact) mass is 420 g/mol. The van der Waals surface area contributed by atoms with Crippen molar-refractivity contribution >= 4 is 41.3 Å². The van der Waals surface area contributed by atoms with Crippen LogP contribution in [0.2, 0.25) is 0 Å². The molecule has 2 rings (SSSR count). The Hall–Kier alpha value is -0.730. The van der Waals surface area contributed by atoms with E-state index in [2.05, 4.69) is 22.6 Å². The third-order valence-corrected chi connectivity index (χ3v) is 7.94. The van der Waals surface area contributed by atoms with Gasteiger partial charge in [-0.1, -0.05) is 58.5 Å². The van der Waals surface area contributed by atoms with Crippen LogP contribution < -0.4 is 0 Å². The van der Waals surface area contributed by atoms with Crippen LogP contribution in [0.1, 0.15) is 11.1 Å². The van der Waals surface area contributed by atoms with E-state index in [4.69, 9.17) is 0 Å². The zero-order valence-corrected chi connectivity index (χ0v) is 14.5. The first-order chi connectivity index (χ1) is 9.46. The SMILES string of the molecule is Cc1ccc(S(=O)(=O)[S@](=O)c2ccccc2CI)cc1. The number of alkyl halides is 1. The predicted molar refractivity (Wildman–Crippen MR) is 88.9 cm³/mol. The van der Waals surface area contributed by atoms with Crippen LogP contribution in [0.25, 0.3) is 0 Å². The highest BCUT2D eigenvalue weighted by molar-refractivity contribution is 14.1. The normalized spacial score (nSPS) is 13.1. The molecule has 2 aromatic rings. The molecule has 0 aliphatic carbocycles. The molecule has 0 saturated carbocycles. The smallest absolute Gasteiger partial charge is 0.237 e. The van der Waals surface area contributed by atoms with E-state index in [1.54, 1.807) is 30.3 Å². The first-order valence-electron chi connectivity index (χ1n) is 5.84. The molecule has 0 N–H and O–H groups in total. The van der Waals surface area contributed by atoms with Crippen LogP contribution in [-0.2, 0) is 23.1 Å². The lowest BCUT2D eigenvalue weighted by Crippen LogP contribution is -2.10. The third-order valence-electron chi connectivity index (χ3n) is 2.81. The maximum Gasteiger partial charge on any atom is 0.262 e. The van der Waals surface area contributed by atoms with Gasteiger partial charge in [-0.25, -0.2) is 12.6 Å². The van der Waals surface area contributed by atoms with Gasteiger partial charge < -0.3 is 0 Å². The first kappa shape index (κ1) is 15.7. The Bertz CT molecular complexity index is 737. The summed E-state index contributed by atoms with van der Waals surface area (Å²) >= 11 is 2.13. The van der Waals surface area contributed by atoms with Gasteiger partial charge in [-0.05, 0) is 30.7 Å². The summed E-state index contributed by atoms with van der Waals surface area (Å²) in [6.07, 6.45) is 0. The zero-order chi connectivity index (χ0) is 14.8. The van der Waals surface area contributed by atoms with Crippen molar-refractivity contribution in [3.05, 3.63) is 59.7 Å². The second kappa shape index (κ2) is 6.36. The predicted octanol–water partition coefficient (Wildman–Crippen LogP) is 3.43. The highest BCUT2D eigenvalue weighted by Gasteiger charge is 2.26. The van der Waals surface area contributed by atoms with E-state index in [1.165, 1.54) is 12.1 Å². The van der Waals surface area contributed by atoms with E-state index in [0.29, 0.717) is 9.32 Å². The number of hydrogen-bond donors (Lipinski definition) is 0. The van der Waals surface area contributed by atoms with Crippen molar-refractivity contribution in [2.45, 2.75) is 21.1 Å². The second-order valence-electron chi connectivity index (χ2n) is 4.24. The number of rotatable bonds is 4. The molecule has 0 spiro atoms. The molecule has 1 atom stereocenters. The minimum atomic E-state index is -3.87. The molecule has 0 aromatic heterocycles. The van der Waals surface area contributed by atoms with Gasteiger partial charge in [0.15, 0.2) is 9.83 Å². The molecule has 0 fully saturated rings. The molecule has 0 aliphatic heterocycles. The van der Waals surface area contributed by atoms with Gasteiger partial charge in [-0.15, -0.1) is 0 Å². The van der Waals surface area contributed by atoms with Crippen molar-refractivity contribution in [1.82, 2.24) is 0 Å². The quantitative estimate of drug-likeness (QED) is 0.433. The minimum absolute atomic E-state index is 0.0877. The molecule has 106 valence electrons. The van der Waals surface area contributed by atoms with Gasteiger partial charge in [-0.3, -0.25) is 0 Å². The summed E-state index contributed by atoms with van der Waals surface area (Å²) in [6, 6.07) is 13.3. The van der Waals surface area contributed by atoms with Crippen LogP contribution in [0.15, 0.2) is 58.3 Å². The van der Waals surface area contributed by atoms with E-state index >= 15 is 0 Å². The Morgan fingerprint density at radius 3 is 2.25 bits per heavy atom. The molecular formula is C14H13IO3S2. The Balaban J connectivity index is 2.49. The Morgan fingerprint density at radius 1 is 1.05 bits per heavy atom. The molecule has 6 heteroatoms. The summed E-state index contributed by atoms with van der Waals surface area (Å²) in [7, 11) is -5.97. The summed E-state index contributed by atoms with van der Waals surface area (Å²) in [5, 5.41) is 0. The molecule has 0 saturated heterocycles. The van der Waals surface area contributed by atoms with Crippen LogP contribution in [0.3, 0.4) is 0 Å². The molecule has 0 aliphatic rings. The average Bonchev–Trinajstić information content (AvgIpc) is 2.46. The molecular weight excluding hydrogens is 407 g/mol. The van der Waals surface area contributed by atoms with Gasteiger partial charge in [0.05, 0.1) is 9.79 Å². The lowest BCUT2D eigenvalue weighted by Gasteiger charge is -2.08. The van der Waals surface area contributed by atoms with E-state index in [-0.39, 0.29) is 4.90 Å². The molecule has 0 heterocycles. The van der Waals surface area contributed by atoms with Crippen molar-refractivity contribution < 1.29 is 12.6 Å². The maximum absolute atomic E-state index is 12.5.